The predicted molar refractivity (Wildman–Crippen MR) is 154 cm³/mol. The lowest BCUT2D eigenvalue weighted by Crippen LogP contribution is -2.41. The lowest BCUT2D eigenvalue weighted by Gasteiger charge is -2.46. The average molecular weight is 579 g/mol. The second kappa shape index (κ2) is 14.2. The van der Waals surface area contributed by atoms with Crippen molar-refractivity contribution in [3.8, 4) is 0 Å². The van der Waals surface area contributed by atoms with Crippen molar-refractivity contribution in [3.63, 3.8) is 0 Å². The first-order chi connectivity index (χ1) is 19.5. The van der Waals surface area contributed by atoms with Crippen LogP contribution in [0.1, 0.15) is 118 Å². The zero-order valence-electron chi connectivity index (χ0n) is 25.7. The fourth-order valence-corrected chi connectivity index (χ4v) is 8.52. The van der Waals surface area contributed by atoms with Gasteiger partial charge in [0.25, 0.3) is 0 Å². The van der Waals surface area contributed by atoms with E-state index in [2.05, 4.69) is 27.7 Å². The minimum Gasteiger partial charge on any atom is -0.481 e. The minimum atomic E-state index is -0.874. The molecule has 41 heavy (non-hydrogen) atoms. The van der Waals surface area contributed by atoms with E-state index >= 15 is 0 Å². The molecule has 0 spiro atoms. The highest BCUT2D eigenvalue weighted by Gasteiger charge is 2.43. The number of carbonyl (C=O) groups excluding carboxylic acids is 1. The maximum atomic E-state index is 12.9. The van der Waals surface area contributed by atoms with Crippen LogP contribution in [0.2, 0.25) is 0 Å². The van der Waals surface area contributed by atoms with Gasteiger partial charge in [-0.05, 0) is 118 Å². The Morgan fingerprint density at radius 2 is 1.17 bits per heavy atom. The quantitative estimate of drug-likeness (QED) is 0.163. The number of hydrogen-bond acceptors (Lipinski definition) is 6. The molecule has 234 valence electrons. The van der Waals surface area contributed by atoms with Crippen LogP contribution in [-0.4, -0.2) is 46.9 Å². The van der Waals surface area contributed by atoms with Crippen LogP contribution < -0.4 is 0 Å². The highest BCUT2D eigenvalue weighted by Crippen LogP contribution is 2.49. The van der Waals surface area contributed by atoms with Crippen molar-refractivity contribution in [2.75, 3.05) is 6.61 Å². The highest BCUT2D eigenvalue weighted by atomic mass is 17.2. The van der Waals surface area contributed by atoms with Crippen LogP contribution in [0.3, 0.4) is 0 Å². The van der Waals surface area contributed by atoms with Crippen molar-refractivity contribution >= 4 is 17.9 Å². The molecule has 0 amide bonds. The summed E-state index contributed by atoms with van der Waals surface area (Å²) < 4.78 is 5.91. The van der Waals surface area contributed by atoms with E-state index in [1.807, 2.05) is 0 Å². The molecule has 0 aromatic rings. The molecular formula is C33H54O8. The number of carbonyl (C=O) groups is 3. The van der Waals surface area contributed by atoms with Gasteiger partial charge in [0.1, 0.15) is 6.10 Å². The molecule has 0 aromatic carbocycles. The van der Waals surface area contributed by atoms with Crippen LogP contribution in [0.4, 0.5) is 0 Å². The first-order valence-corrected chi connectivity index (χ1v) is 16.4. The molecule has 4 rings (SSSR count). The maximum absolute atomic E-state index is 12.9. The highest BCUT2D eigenvalue weighted by molar-refractivity contribution is 5.81. The SMILES string of the molecule is CC1CCC(COOC2CCC(C(C)(C)C3CCC(OC(=O)C4CCC(C)CC4C(=O)O)CC3)CC2)C(C(=O)O)C1. The summed E-state index contributed by atoms with van der Waals surface area (Å²) in [4.78, 5) is 47.8. The molecule has 0 radical (unpaired) electrons. The zero-order valence-corrected chi connectivity index (χ0v) is 25.7. The van der Waals surface area contributed by atoms with Crippen molar-refractivity contribution in [2.45, 2.75) is 130 Å². The van der Waals surface area contributed by atoms with Gasteiger partial charge in [0.15, 0.2) is 0 Å². The summed E-state index contributed by atoms with van der Waals surface area (Å²) in [5.41, 5.74) is 0.183. The Morgan fingerprint density at radius 1 is 0.659 bits per heavy atom. The monoisotopic (exact) mass is 578 g/mol. The summed E-state index contributed by atoms with van der Waals surface area (Å²) in [7, 11) is 0. The Balaban J connectivity index is 1.17. The van der Waals surface area contributed by atoms with E-state index in [1.54, 1.807) is 0 Å². The van der Waals surface area contributed by atoms with Gasteiger partial charge < -0.3 is 14.9 Å². The number of hydrogen-bond donors (Lipinski definition) is 2. The van der Waals surface area contributed by atoms with E-state index in [4.69, 9.17) is 14.5 Å². The van der Waals surface area contributed by atoms with Crippen molar-refractivity contribution in [2.24, 2.45) is 52.8 Å². The van der Waals surface area contributed by atoms with Gasteiger partial charge >= 0.3 is 17.9 Å². The first-order valence-electron chi connectivity index (χ1n) is 16.4. The molecule has 0 saturated heterocycles. The fraction of sp³-hybridized carbons (Fsp3) is 0.909. The largest absolute Gasteiger partial charge is 0.481 e. The van der Waals surface area contributed by atoms with E-state index in [0.29, 0.717) is 43.1 Å². The summed E-state index contributed by atoms with van der Waals surface area (Å²) >= 11 is 0. The maximum Gasteiger partial charge on any atom is 0.310 e. The molecule has 4 aliphatic rings. The molecular weight excluding hydrogens is 524 g/mol. The molecule has 2 N–H and O–H groups in total. The zero-order chi connectivity index (χ0) is 29.7. The molecule has 0 aromatic heterocycles. The topological polar surface area (TPSA) is 119 Å². The number of rotatable bonds is 10. The van der Waals surface area contributed by atoms with Gasteiger partial charge in [-0.15, -0.1) is 0 Å². The van der Waals surface area contributed by atoms with Gasteiger partial charge in [0.2, 0.25) is 0 Å². The van der Waals surface area contributed by atoms with E-state index < -0.39 is 23.8 Å². The van der Waals surface area contributed by atoms with Gasteiger partial charge in [-0.1, -0.05) is 34.1 Å². The van der Waals surface area contributed by atoms with Crippen LogP contribution in [0.25, 0.3) is 0 Å². The van der Waals surface area contributed by atoms with Crippen LogP contribution in [0.5, 0.6) is 0 Å². The molecule has 6 atom stereocenters. The van der Waals surface area contributed by atoms with Crippen molar-refractivity contribution in [3.05, 3.63) is 0 Å². The number of carboxylic acid groups (broad SMARTS) is 2. The molecule has 0 heterocycles. The van der Waals surface area contributed by atoms with E-state index in [9.17, 15) is 24.6 Å². The Labute approximate surface area is 246 Å². The number of esters is 1. The molecule has 6 unspecified atom stereocenters. The lowest BCUT2D eigenvalue weighted by atomic mass is 9.60. The average Bonchev–Trinajstić information content (AvgIpc) is 2.94. The summed E-state index contributed by atoms with van der Waals surface area (Å²) in [6.07, 6.45) is 12.5. The lowest BCUT2D eigenvalue weighted by molar-refractivity contribution is -0.338. The van der Waals surface area contributed by atoms with Crippen LogP contribution in [0, 0.1) is 52.8 Å². The fourth-order valence-electron chi connectivity index (χ4n) is 8.52. The van der Waals surface area contributed by atoms with Gasteiger partial charge in [-0.3, -0.25) is 14.4 Å². The van der Waals surface area contributed by atoms with E-state index in [0.717, 1.165) is 77.0 Å². The second-order valence-corrected chi connectivity index (χ2v) is 14.7. The third kappa shape index (κ3) is 8.25. The third-order valence-electron chi connectivity index (χ3n) is 11.5. The normalized spacial score (nSPS) is 38.6. The molecule has 0 bridgehead atoms. The van der Waals surface area contributed by atoms with E-state index in [1.165, 1.54) is 0 Å². The number of carboxylic acids is 2. The Morgan fingerprint density at radius 3 is 1.73 bits per heavy atom. The summed E-state index contributed by atoms with van der Waals surface area (Å²) in [6, 6.07) is 0. The first kappa shape index (κ1) is 32.2. The number of aliphatic carboxylic acids is 2. The van der Waals surface area contributed by atoms with Crippen molar-refractivity contribution in [1.82, 2.24) is 0 Å². The molecule has 8 heteroatoms. The van der Waals surface area contributed by atoms with Crippen molar-refractivity contribution < 1.29 is 39.1 Å². The second-order valence-electron chi connectivity index (χ2n) is 14.7. The van der Waals surface area contributed by atoms with Crippen LogP contribution >= 0.6 is 0 Å². The van der Waals surface area contributed by atoms with Gasteiger partial charge in [0, 0.05) is 0 Å². The summed E-state index contributed by atoms with van der Waals surface area (Å²) in [6.45, 7) is 9.33. The van der Waals surface area contributed by atoms with Crippen LogP contribution in [0.15, 0.2) is 0 Å². The Kier molecular flexibility index (Phi) is 11.2. The van der Waals surface area contributed by atoms with Crippen LogP contribution in [-0.2, 0) is 28.9 Å². The van der Waals surface area contributed by atoms with E-state index in [-0.39, 0.29) is 35.4 Å². The summed E-state index contributed by atoms with van der Waals surface area (Å²) in [5.74, 6) is -1.38. The predicted octanol–water partition coefficient (Wildman–Crippen LogP) is 6.90. The van der Waals surface area contributed by atoms with Crippen molar-refractivity contribution in [1.29, 1.82) is 0 Å². The Bertz CT molecular complexity index is 886. The molecule has 8 nitrogen and oxygen atoms in total. The molecule has 4 saturated carbocycles. The molecule has 0 aliphatic heterocycles. The molecule has 4 fully saturated rings. The Hall–Kier alpha value is -1.67. The smallest absolute Gasteiger partial charge is 0.310 e. The molecule has 4 aliphatic carbocycles. The van der Waals surface area contributed by atoms with Gasteiger partial charge in [0.05, 0.1) is 30.5 Å². The number of ether oxygens (including phenoxy) is 1. The third-order valence-corrected chi connectivity index (χ3v) is 11.5. The summed E-state index contributed by atoms with van der Waals surface area (Å²) in [5, 5.41) is 19.2. The van der Waals surface area contributed by atoms with Gasteiger partial charge in [-0.25, -0.2) is 9.78 Å². The minimum absolute atomic E-state index is 0.0262. The van der Waals surface area contributed by atoms with Gasteiger partial charge in [-0.2, -0.15) is 0 Å². The standard InChI is InChI=1S/C33H54O8/c1-20-5-7-22(28(17-20)30(34)35)19-39-41-26-14-10-24(11-15-26)33(3,4)23-8-12-25(13-9-23)40-32(38)27-16-6-21(2)18-29(27)31(36)37/h20-29H,5-19H2,1-4H3,(H,34,35)(H,36,37).